The first-order chi connectivity index (χ1) is 15.8. The van der Waals surface area contributed by atoms with E-state index >= 15 is 0 Å². The summed E-state index contributed by atoms with van der Waals surface area (Å²) in [7, 11) is -3.71. The van der Waals surface area contributed by atoms with Crippen LogP contribution in [-0.2, 0) is 24.3 Å². The molecule has 0 bridgehead atoms. The summed E-state index contributed by atoms with van der Waals surface area (Å²) in [5.41, 5.74) is 0.397. The topological polar surface area (TPSA) is 118 Å². The Morgan fingerprint density at radius 3 is 2.64 bits per heavy atom. The van der Waals surface area contributed by atoms with Gasteiger partial charge in [0, 0.05) is 23.2 Å². The summed E-state index contributed by atoms with van der Waals surface area (Å²) in [4.78, 5) is 36.3. The van der Waals surface area contributed by atoms with Gasteiger partial charge in [-0.1, -0.05) is 31.4 Å². The Balaban J connectivity index is 1.47. The molecule has 1 amide bonds. The molecule has 1 aliphatic heterocycles. The van der Waals surface area contributed by atoms with Crippen molar-refractivity contribution in [1.82, 2.24) is 9.71 Å². The zero-order valence-corrected chi connectivity index (χ0v) is 20.1. The maximum absolute atomic E-state index is 13.3. The lowest BCUT2D eigenvalue weighted by molar-refractivity contribution is -0.154. The van der Waals surface area contributed by atoms with E-state index in [1.165, 1.54) is 31.3 Å². The average Bonchev–Trinajstić information content (AvgIpc) is 3.41. The van der Waals surface area contributed by atoms with Gasteiger partial charge in [0.25, 0.3) is 15.9 Å². The minimum Gasteiger partial charge on any atom is -0.451 e. The number of anilines is 1. The molecule has 0 spiro atoms. The molecule has 1 saturated carbocycles. The second kappa shape index (κ2) is 9.60. The number of sulfonamides is 1. The van der Waals surface area contributed by atoms with Gasteiger partial charge in [0.15, 0.2) is 11.2 Å². The molecule has 2 aromatic rings. The van der Waals surface area contributed by atoms with Crippen LogP contribution in [0.5, 0.6) is 0 Å². The largest absolute Gasteiger partial charge is 0.451 e. The number of aliphatic imine (C=N–C) groups is 1. The second-order valence-electron chi connectivity index (χ2n) is 8.15. The molecule has 11 heteroatoms. The molecule has 0 saturated heterocycles. The number of ether oxygens (including phenoxy) is 1. The summed E-state index contributed by atoms with van der Waals surface area (Å²) in [5.74, 6) is -0.952. The fourth-order valence-corrected chi connectivity index (χ4v) is 6.06. The number of hydrogen-bond acceptors (Lipinski definition) is 8. The van der Waals surface area contributed by atoms with E-state index in [0.717, 1.165) is 32.1 Å². The molecular weight excluding hydrogens is 464 g/mol. The SMILES string of the molecule is CC(OC(=O)[C@H](C)N=C1NS(=O)(=O)c2ccccc21)C(=O)N(c1nccs1)C1CCCCC1. The van der Waals surface area contributed by atoms with E-state index in [2.05, 4.69) is 14.7 Å². The molecule has 1 aliphatic carbocycles. The molecule has 1 unspecified atom stereocenters. The third kappa shape index (κ3) is 4.93. The van der Waals surface area contributed by atoms with E-state index in [9.17, 15) is 18.0 Å². The molecular formula is C22H26N4O5S2. The Kier molecular flexibility index (Phi) is 6.80. The normalized spacial score (nSPS) is 20.5. The number of benzene rings is 1. The van der Waals surface area contributed by atoms with Gasteiger partial charge in [0.2, 0.25) is 0 Å². The molecule has 2 atom stereocenters. The van der Waals surface area contributed by atoms with Gasteiger partial charge >= 0.3 is 5.97 Å². The van der Waals surface area contributed by atoms with Crippen molar-refractivity contribution in [1.29, 1.82) is 0 Å². The predicted molar refractivity (Wildman–Crippen MR) is 125 cm³/mol. The zero-order valence-electron chi connectivity index (χ0n) is 18.4. The van der Waals surface area contributed by atoms with E-state index in [1.807, 2.05) is 5.38 Å². The molecule has 4 rings (SSSR count). The van der Waals surface area contributed by atoms with Crippen LogP contribution in [0.2, 0.25) is 0 Å². The van der Waals surface area contributed by atoms with Crippen molar-refractivity contribution < 1.29 is 22.7 Å². The highest BCUT2D eigenvalue weighted by molar-refractivity contribution is 7.90. The van der Waals surface area contributed by atoms with Crippen LogP contribution in [0, 0.1) is 0 Å². The standard InChI is InChI=1S/C22H26N4O5S2/c1-14(24-19-17-10-6-7-11-18(17)33(29,30)25-19)21(28)31-15(2)20(27)26(22-23-12-13-32-22)16-8-4-3-5-9-16/h6-7,10-16H,3-5,8-9H2,1-2H3,(H,24,25)/t14-,15?/m0/s1. The summed E-state index contributed by atoms with van der Waals surface area (Å²) in [5, 5.41) is 2.41. The van der Waals surface area contributed by atoms with Crippen molar-refractivity contribution in [3.05, 3.63) is 41.4 Å². The Morgan fingerprint density at radius 2 is 1.94 bits per heavy atom. The third-order valence-corrected chi connectivity index (χ3v) is 7.94. The van der Waals surface area contributed by atoms with Crippen molar-refractivity contribution in [3.8, 4) is 0 Å². The highest BCUT2D eigenvalue weighted by atomic mass is 32.2. The monoisotopic (exact) mass is 490 g/mol. The molecule has 9 nitrogen and oxygen atoms in total. The molecule has 1 N–H and O–H groups in total. The first-order valence-corrected chi connectivity index (χ1v) is 13.3. The lowest BCUT2D eigenvalue weighted by atomic mass is 9.94. The number of carbonyl (C=O) groups is 2. The number of amidine groups is 1. The smallest absolute Gasteiger partial charge is 0.331 e. The van der Waals surface area contributed by atoms with Crippen molar-refractivity contribution >= 4 is 44.2 Å². The minimum absolute atomic E-state index is 0.0283. The predicted octanol–water partition coefficient (Wildman–Crippen LogP) is 2.87. The molecule has 176 valence electrons. The first-order valence-electron chi connectivity index (χ1n) is 10.9. The van der Waals surface area contributed by atoms with E-state index in [4.69, 9.17) is 4.74 Å². The molecule has 1 aromatic heterocycles. The van der Waals surface area contributed by atoms with Crippen LogP contribution >= 0.6 is 11.3 Å². The number of rotatable bonds is 6. The highest BCUT2D eigenvalue weighted by Crippen LogP contribution is 2.30. The van der Waals surface area contributed by atoms with Gasteiger partial charge in [-0.3, -0.25) is 19.4 Å². The molecule has 1 aromatic carbocycles. The molecule has 1 fully saturated rings. The summed E-state index contributed by atoms with van der Waals surface area (Å²) >= 11 is 1.38. The number of esters is 1. The number of nitrogens with zero attached hydrogens (tertiary/aromatic N) is 3. The van der Waals surface area contributed by atoms with Gasteiger partial charge in [-0.05, 0) is 38.8 Å². The summed E-state index contributed by atoms with van der Waals surface area (Å²) in [6.07, 6.45) is 5.62. The van der Waals surface area contributed by atoms with Gasteiger partial charge in [-0.25, -0.2) is 18.2 Å². The van der Waals surface area contributed by atoms with Crippen molar-refractivity contribution in [2.45, 2.75) is 69.0 Å². The van der Waals surface area contributed by atoms with Gasteiger partial charge in [-0.2, -0.15) is 0 Å². The Hall–Kier alpha value is -2.79. The zero-order chi connectivity index (χ0) is 23.6. The average molecular weight is 491 g/mol. The van der Waals surface area contributed by atoms with Gasteiger partial charge in [-0.15, -0.1) is 11.3 Å². The fourth-order valence-electron chi connectivity index (χ4n) is 4.10. The number of aromatic nitrogens is 1. The number of thiazole rings is 1. The number of nitrogens with one attached hydrogen (secondary N) is 1. The van der Waals surface area contributed by atoms with E-state index < -0.39 is 28.1 Å². The van der Waals surface area contributed by atoms with Crippen LogP contribution in [-0.4, -0.2) is 49.3 Å². The maximum atomic E-state index is 13.3. The molecule has 2 heterocycles. The van der Waals surface area contributed by atoms with Crippen molar-refractivity contribution in [2.75, 3.05) is 4.90 Å². The third-order valence-electron chi connectivity index (χ3n) is 5.77. The van der Waals surface area contributed by atoms with E-state index in [-0.39, 0.29) is 22.7 Å². The van der Waals surface area contributed by atoms with Gasteiger partial charge < -0.3 is 4.74 Å². The van der Waals surface area contributed by atoms with Crippen LogP contribution < -0.4 is 9.62 Å². The van der Waals surface area contributed by atoms with Crippen molar-refractivity contribution in [3.63, 3.8) is 0 Å². The van der Waals surface area contributed by atoms with Gasteiger partial charge in [0.05, 0.1) is 4.90 Å². The van der Waals surface area contributed by atoms with Crippen LogP contribution in [0.15, 0.2) is 45.7 Å². The van der Waals surface area contributed by atoms with Gasteiger partial charge in [0.1, 0.15) is 11.9 Å². The molecule has 2 aliphatic rings. The number of fused-ring (bicyclic) bond motifs is 1. The van der Waals surface area contributed by atoms with E-state index in [0.29, 0.717) is 10.7 Å². The number of hydrogen-bond donors (Lipinski definition) is 1. The lowest BCUT2D eigenvalue weighted by Crippen LogP contribution is -2.47. The maximum Gasteiger partial charge on any atom is 0.331 e. The summed E-state index contributed by atoms with van der Waals surface area (Å²) in [6, 6.07) is 5.42. The quantitative estimate of drug-likeness (QED) is 0.622. The van der Waals surface area contributed by atoms with E-state index in [1.54, 1.807) is 29.3 Å². The fraction of sp³-hybridized carbons (Fsp3) is 0.455. The van der Waals surface area contributed by atoms with Crippen LogP contribution in [0.25, 0.3) is 0 Å². The number of amides is 1. The van der Waals surface area contributed by atoms with Crippen LogP contribution in [0.1, 0.15) is 51.5 Å². The number of carbonyl (C=O) groups excluding carboxylic acids is 2. The minimum atomic E-state index is -3.71. The Bertz CT molecular complexity index is 1160. The lowest BCUT2D eigenvalue weighted by Gasteiger charge is -2.34. The summed E-state index contributed by atoms with van der Waals surface area (Å²) < 4.78 is 32.3. The molecule has 33 heavy (non-hydrogen) atoms. The second-order valence-corrected chi connectivity index (χ2v) is 10.7. The van der Waals surface area contributed by atoms with Crippen LogP contribution in [0.3, 0.4) is 0 Å². The highest BCUT2D eigenvalue weighted by Gasteiger charge is 2.35. The first kappa shape index (κ1) is 23.4. The summed E-state index contributed by atoms with van der Waals surface area (Å²) in [6.45, 7) is 3.04. The Labute approximate surface area is 196 Å². The van der Waals surface area contributed by atoms with Crippen molar-refractivity contribution in [2.24, 2.45) is 4.99 Å². The molecule has 0 radical (unpaired) electrons. The Morgan fingerprint density at radius 1 is 1.21 bits per heavy atom. The van der Waals surface area contributed by atoms with Crippen LogP contribution in [0.4, 0.5) is 5.13 Å².